The first-order valence-corrected chi connectivity index (χ1v) is 7.33. The maximum atomic E-state index is 12.7. The van der Waals surface area contributed by atoms with Gasteiger partial charge in [-0.15, -0.1) is 5.10 Å². The number of fused-ring (bicyclic) bond motifs is 1. The number of anilines is 1. The first kappa shape index (κ1) is 16.0. The van der Waals surface area contributed by atoms with Gasteiger partial charge < -0.3 is 10.4 Å². The number of halogens is 3. The number of aliphatic hydroxyl groups is 1. The Morgan fingerprint density at radius 1 is 1.39 bits per heavy atom. The highest BCUT2D eigenvalue weighted by atomic mass is 19.4. The molecule has 2 atom stereocenters. The number of alkyl halides is 3. The van der Waals surface area contributed by atoms with E-state index in [2.05, 4.69) is 15.4 Å². The van der Waals surface area contributed by atoms with Gasteiger partial charge in [-0.3, -0.25) is 4.90 Å². The van der Waals surface area contributed by atoms with Crippen LogP contribution in [0.4, 0.5) is 19.0 Å². The number of hydrogen-bond acceptors (Lipinski definition) is 5. The van der Waals surface area contributed by atoms with Crippen molar-refractivity contribution in [1.29, 1.82) is 0 Å². The van der Waals surface area contributed by atoms with Crippen LogP contribution in [0, 0.1) is 0 Å². The van der Waals surface area contributed by atoms with Gasteiger partial charge in [0.1, 0.15) is 5.82 Å². The van der Waals surface area contributed by atoms with Crippen molar-refractivity contribution in [3.63, 3.8) is 0 Å². The molecule has 126 valence electrons. The van der Waals surface area contributed by atoms with Gasteiger partial charge in [-0.2, -0.15) is 13.2 Å². The zero-order chi connectivity index (χ0) is 16.7. The third-order valence-corrected chi connectivity index (χ3v) is 4.02. The molecule has 1 aliphatic heterocycles. The zero-order valence-electron chi connectivity index (χ0n) is 12.6. The maximum Gasteiger partial charge on any atom is 0.418 e. The summed E-state index contributed by atoms with van der Waals surface area (Å²) in [4.78, 5) is 5.71. The van der Waals surface area contributed by atoms with E-state index in [4.69, 9.17) is 0 Å². The minimum Gasteiger partial charge on any atom is -0.380 e. The molecule has 0 aliphatic carbocycles. The molecule has 23 heavy (non-hydrogen) atoms. The Morgan fingerprint density at radius 3 is 2.91 bits per heavy atom. The second-order valence-corrected chi connectivity index (χ2v) is 6.09. The first-order chi connectivity index (χ1) is 10.7. The summed E-state index contributed by atoms with van der Waals surface area (Å²) >= 11 is 0. The summed E-state index contributed by atoms with van der Waals surface area (Å²) in [6.45, 7) is 1.30. The lowest BCUT2D eigenvalue weighted by Crippen LogP contribution is -2.51. The number of hydrogen-bond donors (Lipinski definition) is 2. The molecule has 3 rings (SSSR count). The number of rotatable bonds is 4. The van der Waals surface area contributed by atoms with Crippen molar-refractivity contribution in [1.82, 2.24) is 19.5 Å². The van der Waals surface area contributed by atoms with E-state index in [1.54, 1.807) is 27.9 Å². The lowest BCUT2D eigenvalue weighted by atomic mass is 10.1. The van der Waals surface area contributed by atoms with Gasteiger partial charge >= 0.3 is 6.18 Å². The van der Waals surface area contributed by atoms with Crippen molar-refractivity contribution >= 4 is 11.5 Å². The predicted octanol–water partition coefficient (Wildman–Crippen LogP) is 1.53. The van der Waals surface area contributed by atoms with Crippen molar-refractivity contribution in [2.24, 2.45) is 0 Å². The summed E-state index contributed by atoms with van der Waals surface area (Å²) in [5.41, 5.74) is -1.97. The van der Waals surface area contributed by atoms with Crippen molar-refractivity contribution in [2.75, 3.05) is 25.0 Å². The van der Waals surface area contributed by atoms with E-state index in [0.29, 0.717) is 25.3 Å². The van der Waals surface area contributed by atoms with E-state index in [0.717, 1.165) is 12.6 Å². The molecule has 0 aromatic carbocycles. The van der Waals surface area contributed by atoms with Crippen LogP contribution in [-0.2, 0) is 0 Å². The minimum absolute atomic E-state index is 0.00694. The van der Waals surface area contributed by atoms with Crippen LogP contribution in [0.2, 0.25) is 0 Å². The van der Waals surface area contributed by atoms with Crippen LogP contribution in [0.25, 0.3) is 5.65 Å². The van der Waals surface area contributed by atoms with Crippen LogP contribution < -0.4 is 5.32 Å². The quantitative estimate of drug-likeness (QED) is 0.890. The molecule has 3 heterocycles. The Balaban J connectivity index is 1.59. The number of aromatic nitrogens is 3. The highest BCUT2D eigenvalue weighted by Crippen LogP contribution is 2.31. The predicted molar refractivity (Wildman–Crippen MR) is 78.1 cm³/mol. The second kappa shape index (κ2) is 5.64. The molecule has 0 amide bonds. The number of imidazole rings is 1. The van der Waals surface area contributed by atoms with E-state index >= 15 is 0 Å². The summed E-state index contributed by atoms with van der Waals surface area (Å²) in [5, 5.41) is 17.1. The van der Waals surface area contributed by atoms with Crippen molar-refractivity contribution < 1.29 is 18.3 Å². The SMILES string of the molecule is C[C@@](O)(CN1CC[C@H](Nc2ccc3nccn3n2)C1)C(F)(F)F. The number of nitrogens with one attached hydrogen (secondary N) is 1. The van der Waals surface area contributed by atoms with Crippen molar-refractivity contribution in [3.05, 3.63) is 24.5 Å². The lowest BCUT2D eigenvalue weighted by Gasteiger charge is -2.30. The molecule has 2 N–H and O–H groups in total. The van der Waals surface area contributed by atoms with Gasteiger partial charge in [0.15, 0.2) is 11.2 Å². The molecule has 6 nitrogen and oxygen atoms in total. The molecule has 0 bridgehead atoms. The fourth-order valence-electron chi connectivity index (χ4n) is 2.72. The van der Waals surface area contributed by atoms with Gasteiger partial charge in [0.05, 0.1) is 0 Å². The van der Waals surface area contributed by atoms with E-state index < -0.39 is 18.3 Å². The second-order valence-electron chi connectivity index (χ2n) is 6.09. The zero-order valence-corrected chi connectivity index (χ0v) is 12.6. The molecule has 1 saturated heterocycles. The Labute approximate surface area is 130 Å². The van der Waals surface area contributed by atoms with Crippen LogP contribution >= 0.6 is 0 Å². The molecular weight excluding hydrogens is 311 g/mol. The highest BCUT2D eigenvalue weighted by Gasteiger charge is 2.51. The third-order valence-electron chi connectivity index (χ3n) is 4.02. The average Bonchev–Trinajstić information content (AvgIpc) is 3.06. The normalized spacial score (nSPS) is 22.4. The summed E-state index contributed by atoms with van der Waals surface area (Å²) in [7, 11) is 0. The topological polar surface area (TPSA) is 65.7 Å². The lowest BCUT2D eigenvalue weighted by molar-refractivity contribution is -0.256. The fourth-order valence-corrected chi connectivity index (χ4v) is 2.72. The minimum atomic E-state index is -4.63. The van der Waals surface area contributed by atoms with Crippen molar-refractivity contribution in [3.8, 4) is 0 Å². The Bertz CT molecular complexity index is 684. The number of β-amino-alcohol motifs (C(OH)–C–C–N with tert-alkyl or cyclic N) is 1. The summed E-state index contributed by atoms with van der Waals surface area (Å²) in [6.07, 6.45) is -0.575. The molecule has 0 radical (unpaired) electrons. The van der Waals surface area contributed by atoms with Crippen LogP contribution in [-0.4, -0.2) is 62.1 Å². The summed E-state index contributed by atoms with van der Waals surface area (Å²) in [6, 6.07) is 3.60. The number of nitrogens with zero attached hydrogens (tertiary/aromatic N) is 4. The molecule has 1 fully saturated rings. The Morgan fingerprint density at radius 2 is 2.17 bits per heavy atom. The van der Waals surface area contributed by atoms with Crippen molar-refractivity contribution in [2.45, 2.75) is 31.2 Å². The smallest absolute Gasteiger partial charge is 0.380 e. The van der Waals surface area contributed by atoms with E-state index in [-0.39, 0.29) is 6.04 Å². The van der Waals surface area contributed by atoms with Crippen LogP contribution in [0.15, 0.2) is 24.5 Å². The molecule has 0 spiro atoms. The first-order valence-electron chi connectivity index (χ1n) is 7.33. The van der Waals surface area contributed by atoms with Gasteiger partial charge in [-0.1, -0.05) is 0 Å². The average molecular weight is 329 g/mol. The largest absolute Gasteiger partial charge is 0.418 e. The van der Waals surface area contributed by atoms with Gasteiger partial charge in [-0.05, 0) is 25.5 Å². The molecule has 2 aromatic heterocycles. The summed E-state index contributed by atoms with van der Waals surface area (Å²) < 4.78 is 39.8. The van der Waals surface area contributed by atoms with E-state index in [1.807, 2.05) is 6.07 Å². The summed E-state index contributed by atoms with van der Waals surface area (Å²) in [5.74, 6) is 0.643. The van der Waals surface area contributed by atoms with Gasteiger partial charge in [0.2, 0.25) is 0 Å². The fraction of sp³-hybridized carbons (Fsp3) is 0.571. The van der Waals surface area contributed by atoms with E-state index in [9.17, 15) is 18.3 Å². The molecule has 2 aromatic rings. The maximum absolute atomic E-state index is 12.7. The van der Waals surface area contributed by atoms with E-state index in [1.165, 1.54) is 0 Å². The van der Waals surface area contributed by atoms with Gasteiger partial charge in [0, 0.05) is 38.1 Å². The van der Waals surface area contributed by atoms with Crippen LogP contribution in [0.5, 0.6) is 0 Å². The molecule has 0 saturated carbocycles. The van der Waals surface area contributed by atoms with Gasteiger partial charge in [-0.25, -0.2) is 9.50 Å². The molecular formula is C14H18F3N5O. The standard InChI is InChI=1S/C14H18F3N5O/c1-13(23,14(15,16)17)9-21-6-4-10(8-21)19-11-2-3-12-18-5-7-22(12)20-11/h2-3,5,7,10,23H,4,6,8-9H2,1H3,(H,19,20)/t10-,13+/m0/s1. The molecule has 0 unspecified atom stereocenters. The van der Waals surface area contributed by atoms with Crippen LogP contribution in [0.3, 0.4) is 0 Å². The van der Waals surface area contributed by atoms with Gasteiger partial charge in [0.25, 0.3) is 0 Å². The monoisotopic (exact) mass is 329 g/mol. The Hall–Kier alpha value is -1.87. The molecule has 1 aliphatic rings. The molecule has 9 heteroatoms. The van der Waals surface area contributed by atoms with Crippen LogP contribution in [0.1, 0.15) is 13.3 Å². The number of likely N-dealkylation sites (tertiary alicyclic amines) is 1. The third kappa shape index (κ3) is 3.40. The Kier molecular flexibility index (Phi) is 3.93. The highest BCUT2D eigenvalue weighted by molar-refractivity contribution is 5.44.